The number of aromatic amines is 1. The molecule has 2 amide bonds. The number of H-pyrrole nitrogens is 1. The van der Waals surface area contributed by atoms with E-state index in [2.05, 4.69) is 10.3 Å². The highest BCUT2D eigenvalue weighted by atomic mass is 16.2. The summed E-state index contributed by atoms with van der Waals surface area (Å²) in [6, 6.07) is 0. The van der Waals surface area contributed by atoms with Crippen molar-refractivity contribution in [3.8, 4) is 0 Å². The fraction of sp³-hybridized carbons (Fsp3) is 0.562. The monoisotopic (exact) mass is 320 g/mol. The predicted octanol–water partition coefficient (Wildman–Crippen LogP) is 0.338. The lowest BCUT2D eigenvalue weighted by atomic mass is 10.1. The highest BCUT2D eigenvalue weighted by Crippen LogP contribution is 2.20. The van der Waals surface area contributed by atoms with Crippen molar-refractivity contribution in [1.82, 2.24) is 20.1 Å². The second-order valence-corrected chi connectivity index (χ2v) is 5.92. The number of piperazine rings is 1. The summed E-state index contributed by atoms with van der Waals surface area (Å²) in [7, 11) is 1.62. The number of amides is 2. The number of hydrogen-bond acceptors (Lipinski definition) is 4. The Labute approximate surface area is 136 Å². The summed E-state index contributed by atoms with van der Waals surface area (Å²) in [4.78, 5) is 42.6. The van der Waals surface area contributed by atoms with Gasteiger partial charge < -0.3 is 15.2 Å². The van der Waals surface area contributed by atoms with Crippen LogP contribution in [0.4, 0.5) is 0 Å². The zero-order valence-corrected chi connectivity index (χ0v) is 14.2. The van der Waals surface area contributed by atoms with Crippen molar-refractivity contribution in [3.63, 3.8) is 0 Å². The summed E-state index contributed by atoms with van der Waals surface area (Å²) in [5, 5.41) is 2.60. The molecule has 126 valence electrons. The lowest BCUT2D eigenvalue weighted by Crippen LogP contribution is -2.51. The predicted molar refractivity (Wildman–Crippen MR) is 86.7 cm³/mol. The van der Waals surface area contributed by atoms with Crippen LogP contribution in [-0.2, 0) is 4.79 Å². The maximum Gasteiger partial charge on any atom is 0.270 e. The number of nitrogens with one attached hydrogen (secondary N) is 2. The Balaban J connectivity index is 2.05. The first-order valence-corrected chi connectivity index (χ1v) is 7.77. The molecule has 0 unspecified atom stereocenters. The molecular formula is C16H24N4O3. The van der Waals surface area contributed by atoms with Crippen LogP contribution in [0.25, 0.3) is 0 Å². The third-order valence-electron chi connectivity index (χ3n) is 4.31. The highest BCUT2D eigenvalue weighted by molar-refractivity contribution is 6.02. The van der Waals surface area contributed by atoms with Gasteiger partial charge in [-0.2, -0.15) is 0 Å². The van der Waals surface area contributed by atoms with E-state index in [0.717, 1.165) is 5.69 Å². The highest BCUT2D eigenvalue weighted by Gasteiger charge is 2.27. The number of nitrogens with zero attached hydrogens (tertiary/aromatic N) is 2. The minimum absolute atomic E-state index is 0.0216. The zero-order valence-electron chi connectivity index (χ0n) is 14.2. The summed E-state index contributed by atoms with van der Waals surface area (Å²) >= 11 is 0. The molecule has 1 aliphatic heterocycles. The van der Waals surface area contributed by atoms with Crippen molar-refractivity contribution in [2.75, 3.05) is 39.8 Å². The van der Waals surface area contributed by atoms with Crippen molar-refractivity contribution in [1.29, 1.82) is 0 Å². The molecule has 2 heterocycles. The molecule has 7 heteroatoms. The summed E-state index contributed by atoms with van der Waals surface area (Å²) in [5.41, 5.74) is 2.54. The fourth-order valence-corrected chi connectivity index (χ4v) is 3.04. The first-order chi connectivity index (χ1) is 10.8. The molecule has 0 saturated carbocycles. The number of likely N-dealkylation sites (N-methyl/N-ethyl adjacent to an activating group) is 1. The molecular weight excluding hydrogens is 296 g/mol. The second-order valence-electron chi connectivity index (χ2n) is 5.92. The van der Waals surface area contributed by atoms with Gasteiger partial charge in [0.1, 0.15) is 5.69 Å². The summed E-state index contributed by atoms with van der Waals surface area (Å²) < 4.78 is 0. The number of aryl methyl sites for hydroxylation is 1. The van der Waals surface area contributed by atoms with E-state index in [1.807, 2.05) is 11.8 Å². The van der Waals surface area contributed by atoms with Crippen LogP contribution in [0.5, 0.6) is 0 Å². The third kappa shape index (κ3) is 3.61. The van der Waals surface area contributed by atoms with Crippen LogP contribution in [0.1, 0.15) is 39.0 Å². The first-order valence-electron chi connectivity index (χ1n) is 7.77. The van der Waals surface area contributed by atoms with Crippen molar-refractivity contribution in [3.05, 3.63) is 22.5 Å². The van der Waals surface area contributed by atoms with E-state index in [1.54, 1.807) is 18.9 Å². The van der Waals surface area contributed by atoms with E-state index in [4.69, 9.17) is 0 Å². The van der Waals surface area contributed by atoms with Crippen molar-refractivity contribution < 1.29 is 14.4 Å². The van der Waals surface area contributed by atoms with Gasteiger partial charge in [-0.15, -0.1) is 0 Å². The largest absolute Gasteiger partial charge is 0.358 e. The Morgan fingerprint density at radius 2 is 1.74 bits per heavy atom. The minimum Gasteiger partial charge on any atom is -0.358 e. The van der Waals surface area contributed by atoms with Gasteiger partial charge in [0.15, 0.2) is 5.78 Å². The van der Waals surface area contributed by atoms with Gasteiger partial charge in [-0.1, -0.05) is 0 Å². The van der Waals surface area contributed by atoms with E-state index in [9.17, 15) is 14.4 Å². The Bertz CT molecular complexity index is 628. The molecule has 2 rings (SSSR count). The van der Waals surface area contributed by atoms with Crippen molar-refractivity contribution >= 4 is 17.6 Å². The lowest BCUT2D eigenvalue weighted by molar-refractivity contribution is -0.122. The number of Topliss-reactive ketones (excluding diaryl/α,β-unsaturated/α-hetero) is 1. The molecule has 2 N–H and O–H groups in total. The maximum absolute atomic E-state index is 12.7. The molecule has 0 spiro atoms. The average molecular weight is 320 g/mol. The fourth-order valence-electron chi connectivity index (χ4n) is 3.04. The number of aromatic nitrogens is 1. The van der Waals surface area contributed by atoms with E-state index in [-0.39, 0.29) is 17.6 Å². The van der Waals surface area contributed by atoms with Gasteiger partial charge in [0.05, 0.1) is 6.54 Å². The molecule has 0 atom stereocenters. The third-order valence-corrected chi connectivity index (χ3v) is 4.31. The Morgan fingerprint density at radius 1 is 1.13 bits per heavy atom. The number of ketones is 1. The Morgan fingerprint density at radius 3 is 2.22 bits per heavy atom. The molecule has 0 aliphatic carbocycles. The second kappa shape index (κ2) is 6.95. The smallest absolute Gasteiger partial charge is 0.270 e. The molecule has 0 aromatic carbocycles. The molecule has 1 aromatic heterocycles. The van der Waals surface area contributed by atoms with Crippen LogP contribution in [0.3, 0.4) is 0 Å². The van der Waals surface area contributed by atoms with Crippen molar-refractivity contribution in [2.45, 2.75) is 20.8 Å². The van der Waals surface area contributed by atoms with Crippen LogP contribution in [0.2, 0.25) is 0 Å². The van der Waals surface area contributed by atoms with Crippen LogP contribution in [0, 0.1) is 13.8 Å². The number of carbonyl (C=O) groups is 3. The van der Waals surface area contributed by atoms with Gasteiger partial charge in [0.25, 0.3) is 5.91 Å². The Hall–Kier alpha value is -2.15. The van der Waals surface area contributed by atoms with Gasteiger partial charge in [-0.3, -0.25) is 19.3 Å². The van der Waals surface area contributed by atoms with E-state index in [0.29, 0.717) is 49.5 Å². The van der Waals surface area contributed by atoms with E-state index in [1.165, 1.54) is 6.92 Å². The zero-order chi connectivity index (χ0) is 17.1. The van der Waals surface area contributed by atoms with Gasteiger partial charge in [-0.25, -0.2) is 0 Å². The van der Waals surface area contributed by atoms with Gasteiger partial charge in [0, 0.05) is 44.5 Å². The average Bonchev–Trinajstić information content (AvgIpc) is 2.82. The number of hydrogen-bond donors (Lipinski definition) is 2. The SMILES string of the molecule is CNC(=O)CN1CCN(C(=O)c2[nH]c(C)c(C(C)=O)c2C)CC1. The molecule has 1 saturated heterocycles. The molecule has 1 fully saturated rings. The molecule has 1 aromatic rings. The molecule has 0 bridgehead atoms. The minimum atomic E-state index is -0.0855. The summed E-state index contributed by atoms with van der Waals surface area (Å²) in [5.74, 6) is -0.143. The molecule has 23 heavy (non-hydrogen) atoms. The van der Waals surface area contributed by atoms with Crippen LogP contribution >= 0.6 is 0 Å². The lowest BCUT2D eigenvalue weighted by Gasteiger charge is -2.34. The van der Waals surface area contributed by atoms with Crippen LogP contribution in [0.15, 0.2) is 0 Å². The first kappa shape index (κ1) is 17.2. The van der Waals surface area contributed by atoms with Crippen molar-refractivity contribution in [2.24, 2.45) is 0 Å². The molecule has 0 radical (unpaired) electrons. The van der Waals surface area contributed by atoms with Crippen LogP contribution < -0.4 is 5.32 Å². The molecule has 1 aliphatic rings. The van der Waals surface area contributed by atoms with Gasteiger partial charge in [0.2, 0.25) is 5.91 Å². The van der Waals surface area contributed by atoms with Gasteiger partial charge >= 0.3 is 0 Å². The van der Waals surface area contributed by atoms with E-state index < -0.39 is 0 Å². The normalized spacial score (nSPS) is 15.6. The Kier molecular flexibility index (Phi) is 5.20. The number of rotatable bonds is 4. The number of carbonyl (C=O) groups excluding carboxylic acids is 3. The maximum atomic E-state index is 12.7. The van der Waals surface area contributed by atoms with Crippen LogP contribution in [-0.4, -0.2) is 72.2 Å². The van der Waals surface area contributed by atoms with Gasteiger partial charge in [-0.05, 0) is 26.3 Å². The topological polar surface area (TPSA) is 85.5 Å². The standard InChI is InChI=1S/C16H24N4O3/c1-10-14(12(3)21)11(2)18-15(10)16(23)20-7-5-19(6-8-20)9-13(22)17-4/h18H,5-9H2,1-4H3,(H,17,22). The molecule has 7 nitrogen and oxygen atoms in total. The summed E-state index contributed by atoms with van der Waals surface area (Å²) in [6.07, 6.45) is 0. The summed E-state index contributed by atoms with van der Waals surface area (Å²) in [6.45, 7) is 7.94. The van der Waals surface area contributed by atoms with E-state index >= 15 is 0 Å². The quantitative estimate of drug-likeness (QED) is 0.783.